The van der Waals surface area contributed by atoms with Crippen LogP contribution in [0.15, 0.2) is 48.5 Å². The maximum atomic E-state index is 12.3. The van der Waals surface area contributed by atoms with Gasteiger partial charge in [-0.3, -0.25) is 4.79 Å². The zero-order valence-corrected chi connectivity index (χ0v) is 19.7. The van der Waals surface area contributed by atoms with Crippen molar-refractivity contribution >= 4 is 23.0 Å². The lowest BCUT2D eigenvalue weighted by Gasteiger charge is -2.33. The van der Waals surface area contributed by atoms with E-state index in [-0.39, 0.29) is 17.8 Å². The molecule has 33 heavy (non-hydrogen) atoms. The molecule has 1 saturated carbocycles. The number of anilines is 1. The van der Waals surface area contributed by atoms with Crippen molar-refractivity contribution in [3.63, 3.8) is 0 Å². The number of nitrogens with zero attached hydrogens (tertiary/aromatic N) is 4. The summed E-state index contributed by atoms with van der Waals surface area (Å²) < 4.78 is 7.45. The molecule has 0 spiro atoms. The van der Waals surface area contributed by atoms with E-state index in [2.05, 4.69) is 69.9 Å². The fourth-order valence-electron chi connectivity index (χ4n) is 5.48. The van der Waals surface area contributed by atoms with E-state index in [9.17, 15) is 4.79 Å². The van der Waals surface area contributed by atoms with Gasteiger partial charge in [-0.15, -0.1) is 0 Å². The molecule has 174 valence electrons. The van der Waals surface area contributed by atoms with Crippen LogP contribution in [0.5, 0.6) is 0 Å². The molecule has 1 aliphatic carbocycles. The van der Waals surface area contributed by atoms with Gasteiger partial charge in [-0.2, -0.15) is 0 Å². The molecular weight excluding hydrogens is 412 g/mol. The first-order valence-corrected chi connectivity index (χ1v) is 12.2. The molecule has 3 aromatic rings. The predicted octanol–water partition coefficient (Wildman–Crippen LogP) is 4.28. The Hall–Kier alpha value is -2.86. The Kier molecular flexibility index (Phi) is 6.36. The Bertz CT molecular complexity index is 1100. The zero-order valence-electron chi connectivity index (χ0n) is 19.7. The average molecular weight is 447 g/mol. The number of hydrogen-bond donors (Lipinski definition) is 0. The molecule has 1 saturated heterocycles. The molecule has 6 heteroatoms. The van der Waals surface area contributed by atoms with E-state index in [0.717, 1.165) is 63.5 Å². The van der Waals surface area contributed by atoms with Gasteiger partial charge in [0, 0.05) is 26.2 Å². The largest absolute Gasteiger partial charge is 0.469 e. The van der Waals surface area contributed by atoms with Gasteiger partial charge < -0.3 is 19.1 Å². The summed E-state index contributed by atoms with van der Waals surface area (Å²) in [6.07, 6.45) is 4.26. The summed E-state index contributed by atoms with van der Waals surface area (Å²) in [5.41, 5.74) is 4.73. The van der Waals surface area contributed by atoms with E-state index in [1.54, 1.807) is 0 Å². The van der Waals surface area contributed by atoms with E-state index >= 15 is 0 Å². The molecule has 0 radical (unpaired) electrons. The number of ether oxygens (including phenoxy) is 1. The first-order chi connectivity index (χ1) is 16.1. The molecule has 2 atom stereocenters. The van der Waals surface area contributed by atoms with Crippen molar-refractivity contribution in [3.8, 4) is 0 Å². The van der Waals surface area contributed by atoms with Crippen LogP contribution in [-0.2, 0) is 16.1 Å². The smallest absolute Gasteiger partial charge is 0.309 e. The second-order valence-electron chi connectivity index (χ2n) is 9.54. The number of hydrogen-bond acceptors (Lipinski definition) is 5. The van der Waals surface area contributed by atoms with Crippen LogP contribution in [0.4, 0.5) is 5.95 Å². The fourth-order valence-corrected chi connectivity index (χ4v) is 5.48. The van der Waals surface area contributed by atoms with Gasteiger partial charge in [-0.05, 0) is 49.1 Å². The van der Waals surface area contributed by atoms with E-state index in [0.29, 0.717) is 0 Å². The van der Waals surface area contributed by atoms with Gasteiger partial charge in [0.15, 0.2) is 0 Å². The summed E-state index contributed by atoms with van der Waals surface area (Å²) in [7, 11) is 3.68. The molecular formula is C27H34N4O2. The molecule has 2 heterocycles. The highest BCUT2D eigenvalue weighted by Gasteiger charge is 2.32. The number of fused-ring (bicyclic) bond motifs is 1. The summed E-state index contributed by atoms with van der Waals surface area (Å²) in [4.78, 5) is 22.1. The summed E-state index contributed by atoms with van der Waals surface area (Å²) in [5.74, 6) is 1.24. The van der Waals surface area contributed by atoms with Gasteiger partial charge in [0.25, 0.3) is 0 Å². The number of esters is 1. The van der Waals surface area contributed by atoms with Gasteiger partial charge in [-0.25, -0.2) is 4.98 Å². The lowest BCUT2D eigenvalue weighted by Crippen LogP contribution is -2.45. The van der Waals surface area contributed by atoms with Crippen molar-refractivity contribution in [2.75, 3.05) is 45.2 Å². The number of likely N-dealkylation sites (N-methyl/N-ethyl adjacent to an activating group) is 1. The number of aromatic nitrogens is 2. The Labute approximate surface area is 196 Å². The van der Waals surface area contributed by atoms with Gasteiger partial charge in [0.1, 0.15) is 0 Å². The lowest BCUT2D eigenvalue weighted by molar-refractivity contribution is -0.147. The Morgan fingerprint density at radius 3 is 2.48 bits per heavy atom. The van der Waals surface area contributed by atoms with Gasteiger partial charge in [0.05, 0.1) is 30.6 Å². The van der Waals surface area contributed by atoms with Crippen LogP contribution in [0.3, 0.4) is 0 Å². The second-order valence-corrected chi connectivity index (χ2v) is 9.54. The number of carbonyl (C=O) groups excluding carboxylic acids is 1. The Morgan fingerprint density at radius 1 is 1.00 bits per heavy atom. The molecule has 2 aromatic carbocycles. The van der Waals surface area contributed by atoms with E-state index in [1.807, 2.05) is 0 Å². The van der Waals surface area contributed by atoms with Crippen LogP contribution in [0.2, 0.25) is 0 Å². The summed E-state index contributed by atoms with van der Waals surface area (Å²) in [6.45, 7) is 4.89. The van der Waals surface area contributed by atoms with Crippen molar-refractivity contribution in [3.05, 3.63) is 59.7 Å². The summed E-state index contributed by atoms with van der Waals surface area (Å²) >= 11 is 0. The quantitative estimate of drug-likeness (QED) is 0.548. The highest BCUT2D eigenvalue weighted by atomic mass is 16.5. The third-order valence-electron chi connectivity index (χ3n) is 7.44. The number of methoxy groups -OCH3 is 1. The first-order valence-electron chi connectivity index (χ1n) is 12.2. The topological polar surface area (TPSA) is 50.6 Å². The third-order valence-corrected chi connectivity index (χ3v) is 7.44. The molecule has 0 N–H and O–H groups in total. The number of benzene rings is 2. The zero-order chi connectivity index (χ0) is 22.8. The SMILES string of the molecule is COC(=O)[C@@H]1CCCC[C@H]1c1ccc(Cn2c(N3CCN(C)CC3)nc3ccccc32)cc1. The number of rotatable bonds is 5. The summed E-state index contributed by atoms with van der Waals surface area (Å²) in [6, 6.07) is 17.3. The summed E-state index contributed by atoms with van der Waals surface area (Å²) in [5, 5.41) is 0. The molecule has 0 bridgehead atoms. The minimum Gasteiger partial charge on any atom is -0.469 e. The van der Waals surface area contributed by atoms with Crippen LogP contribution in [0.25, 0.3) is 11.0 Å². The van der Waals surface area contributed by atoms with Gasteiger partial charge in [-0.1, -0.05) is 49.2 Å². The van der Waals surface area contributed by atoms with E-state index < -0.39 is 0 Å². The first kappa shape index (κ1) is 22.0. The average Bonchev–Trinajstić information content (AvgIpc) is 3.23. The van der Waals surface area contributed by atoms with Crippen molar-refractivity contribution in [2.24, 2.45) is 5.92 Å². The third kappa shape index (κ3) is 4.49. The van der Waals surface area contributed by atoms with Crippen molar-refractivity contribution in [1.82, 2.24) is 14.5 Å². The highest BCUT2D eigenvalue weighted by molar-refractivity contribution is 5.79. The molecule has 1 aliphatic heterocycles. The van der Waals surface area contributed by atoms with E-state index in [4.69, 9.17) is 9.72 Å². The van der Waals surface area contributed by atoms with Crippen molar-refractivity contribution < 1.29 is 9.53 Å². The maximum Gasteiger partial charge on any atom is 0.309 e. The number of carbonyl (C=O) groups is 1. The van der Waals surface area contributed by atoms with Crippen LogP contribution in [-0.4, -0.2) is 60.8 Å². The number of imidazole rings is 1. The highest BCUT2D eigenvalue weighted by Crippen LogP contribution is 2.38. The second kappa shape index (κ2) is 9.56. The standard InChI is InChI=1S/C27H34N4O2/c1-29-15-17-30(18-16-29)27-28-24-9-5-6-10-25(24)31(27)19-20-11-13-21(14-12-20)22-7-3-4-8-23(22)26(32)33-2/h5-6,9-14,22-23H,3-4,7-8,15-19H2,1-2H3/t22-,23+/m0/s1. The normalized spacial score (nSPS) is 21.9. The monoisotopic (exact) mass is 446 g/mol. The Morgan fingerprint density at radius 2 is 1.73 bits per heavy atom. The van der Waals surface area contributed by atoms with Crippen LogP contribution >= 0.6 is 0 Å². The van der Waals surface area contributed by atoms with Crippen LogP contribution in [0, 0.1) is 5.92 Å². The molecule has 0 amide bonds. The van der Waals surface area contributed by atoms with Crippen LogP contribution in [0.1, 0.15) is 42.7 Å². The minimum absolute atomic E-state index is 0.0176. The molecule has 1 aromatic heterocycles. The minimum atomic E-state index is -0.0644. The van der Waals surface area contributed by atoms with Crippen molar-refractivity contribution in [1.29, 1.82) is 0 Å². The van der Waals surface area contributed by atoms with Gasteiger partial charge in [0.2, 0.25) is 5.95 Å². The van der Waals surface area contributed by atoms with Crippen molar-refractivity contribution in [2.45, 2.75) is 38.1 Å². The molecule has 6 nitrogen and oxygen atoms in total. The molecule has 2 fully saturated rings. The molecule has 2 aliphatic rings. The predicted molar refractivity (Wildman–Crippen MR) is 132 cm³/mol. The lowest BCUT2D eigenvalue weighted by atomic mass is 9.75. The van der Waals surface area contributed by atoms with Gasteiger partial charge >= 0.3 is 5.97 Å². The maximum absolute atomic E-state index is 12.3. The van der Waals surface area contributed by atoms with E-state index in [1.165, 1.54) is 30.2 Å². The number of para-hydroxylation sites is 2. The van der Waals surface area contributed by atoms with Crippen LogP contribution < -0.4 is 4.90 Å². The number of piperazine rings is 1. The molecule has 5 rings (SSSR count). The fraction of sp³-hybridized carbons (Fsp3) is 0.481. The Balaban J connectivity index is 1.41. The molecule has 0 unspecified atom stereocenters.